The smallest absolute Gasteiger partial charge is 0.0548 e. The quantitative estimate of drug-likeness (QED) is 0.882. The molecular weight excluding hydrogens is 250 g/mol. The lowest BCUT2D eigenvalue weighted by molar-refractivity contribution is 0.817. The van der Waals surface area contributed by atoms with Crippen LogP contribution in [0.1, 0.15) is 18.5 Å². The third-order valence-electron chi connectivity index (χ3n) is 2.45. The van der Waals surface area contributed by atoms with Gasteiger partial charge in [0.1, 0.15) is 0 Å². The highest BCUT2D eigenvalue weighted by Crippen LogP contribution is 2.34. The van der Waals surface area contributed by atoms with Crippen molar-refractivity contribution in [1.82, 2.24) is 0 Å². The molecule has 17 heavy (non-hydrogen) atoms. The first-order chi connectivity index (χ1) is 8.16. The van der Waals surface area contributed by atoms with Crippen molar-refractivity contribution < 1.29 is 0 Å². The molecule has 0 aromatic heterocycles. The van der Waals surface area contributed by atoms with Crippen LogP contribution in [0.15, 0.2) is 58.3 Å². The maximum Gasteiger partial charge on any atom is 0.0548 e. The Morgan fingerprint density at radius 3 is 2.41 bits per heavy atom. The minimum Gasteiger partial charge on any atom is -0.324 e. The third kappa shape index (κ3) is 3.25. The predicted molar refractivity (Wildman–Crippen MR) is 74.6 cm³/mol. The van der Waals surface area contributed by atoms with Gasteiger partial charge < -0.3 is 5.73 Å². The molecule has 0 aliphatic rings. The third-order valence-corrected chi connectivity index (χ3v) is 3.96. The van der Waals surface area contributed by atoms with Gasteiger partial charge in [0.05, 0.1) is 5.02 Å². The molecule has 0 aliphatic carbocycles. The van der Waals surface area contributed by atoms with E-state index in [0.29, 0.717) is 0 Å². The molecule has 1 unspecified atom stereocenters. The molecule has 0 amide bonds. The molecule has 0 fully saturated rings. The minimum atomic E-state index is 0.0169. The molecule has 0 aliphatic heterocycles. The predicted octanol–water partition coefficient (Wildman–Crippen LogP) is 4.51. The van der Waals surface area contributed by atoms with Gasteiger partial charge in [-0.2, -0.15) is 0 Å². The van der Waals surface area contributed by atoms with Crippen LogP contribution in [0.3, 0.4) is 0 Å². The SMILES string of the molecule is CC(N)c1ccc(Sc2ccccc2)c(Cl)c1. The van der Waals surface area contributed by atoms with Crippen LogP contribution < -0.4 is 5.73 Å². The zero-order valence-electron chi connectivity index (χ0n) is 9.56. The first-order valence-corrected chi connectivity index (χ1v) is 6.64. The fourth-order valence-electron chi connectivity index (χ4n) is 1.50. The number of hydrogen-bond donors (Lipinski definition) is 1. The fourth-order valence-corrected chi connectivity index (χ4v) is 2.64. The van der Waals surface area contributed by atoms with Gasteiger partial charge in [0.25, 0.3) is 0 Å². The maximum absolute atomic E-state index is 6.25. The standard InChI is InChI=1S/C14H14ClNS/c1-10(16)11-7-8-14(13(15)9-11)17-12-5-3-2-4-6-12/h2-10H,16H2,1H3. The van der Waals surface area contributed by atoms with Crippen LogP contribution in [-0.2, 0) is 0 Å². The van der Waals surface area contributed by atoms with Crippen LogP contribution >= 0.6 is 23.4 Å². The Labute approximate surface area is 111 Å². The maximum atomic E-state index is 6.25. The van der Waals surface area contributed by atoms with E-state index in [1.165, 1.54) is 4.90 Å². The molecule has 0 saturated heterocycles. The highest BCUT2D eigenvalue weighted by Gasteiger charge is 2.06. The second-order valence-corrected chi connectivity index (χ2v) is 5.42. The largest absolute Gasteiger partial charge is 0.324 e. The van der Waals surface area contributed by atoms with Crippen LogP contribution in [0.4, 0.5) is 0 Å². The van der Waals surface area contributed by atoms with Crippen molar-refractivity contribution in [1.29, 1.82) is 0 Å². The zero-order chi connectivity index (χ0) is 12.3. The molecule has 0 radical (unpaired) electrons. The van der Waals surface area contributed by atoms with Gasteiger partial charge in [-0.1, -0.05) is 47.6 Å². The minimum absolute atomic E-state index is 0.0169. The van der Waals surface area contributed by atoms with E-state index in [9.17, 15) is 0 Å². The molecule has 1 nitrogen and oxygen atoms in total. The molecule has 0 bridgehead atoms. The van der Waals surface area contributed by atoms with Crippen LogP contribution in [0.2, 0.25) is 5.02 Å². The summed E-state index contributed by atoms with van der Waals surface area (Å²) in [6, 6.07) is 16.2. The molecule has 3 heteroatoms. The molecule has 2 aromatic carbocycles. The fraction of sp³-hybridized carbons (Fsp3) is 0.143. The number of halogens is 1. The lowest BCUT2D eigenvalue weighted by Gasteiger charge is -2.09. The second-order valence-electron chi connectivity index (χ2n) is 3.89. The van der Waals surface area contributed by atoms with Gasteiger partial charge in [-0.05, 0) is 36.8 Å². The Balaban J connectivity index is 2.23. The molecular formula is C14H14ClNS. The van der Waals surface area contributed by atoms with E-state index >= 15 is 0 Å². The van der Waals surface area contributed by atoms with E-state index in [1.54, 1.807) is 11.8 Å². The molecule has 1 atom stereocenters. The van der Waals surface area contributed by atoms with E-state index in [2.05, 4.69) is 12.1 Å². The van der Waals surface area contributed by atoms with Gasteiger partial charge in [-0.25, -0.2) is 0 Å². The van der Waals surface area contributed by atoms with Gasteiger partial charge >= 0.3 is 0 Å². The highest BCUT2D eigenvalue weighted by atomic mass is 35.5. The first kappa shape index (κ1) is 12.5. The summed E-state index contributed by atoms with van der Waals surface area (Å²) in [5, 5.41) is 0.758. The Kier molecular flexibility index (Phi) is 4.11. The molecule has 2 aromatic rings. The average molecular weight is 264 g/mol. The summed E-state index contributed by atoms with van der Waals surface area (Å²) in [5.74, 6) is 0. The van der Waals surface area contributed by atoms with Gasteiger partial charge in [-0.3, -0.25) is 0 Å². The van der Waals surface area contributed by atoms with Crippen LogP contribution in [0.5, 0.6) is 0 Å². The summed E-state index contributed by atoms with van der Waals surface area (Å²) in [5.41, 5.74) is 6.88. The van der Waals surface area contributed by atoms with Gasteiger partial charge in [-0.15, -0.1) is 0 Å². The number of rotatable bonds is 3. The first-order valence-electron chi connectivity index (χ1n) is 5.45. The Bertz CT molecular complexity index is 497. The summed E-state index contributed by atoms with van der Waals surface area (Å²) < 4.78 is 0. The van der Waals surface area contributed by atoms with Crippen molar-refractivity contribution in [2.24, 2.45) is 5.73 Å². The number of hydrogen-bond acceptors (Lipinski definition) is 2. The van der Waals surface area contributed by atoms with Gasteiger partial charge in [0, 0.05) is 15.8 Å². The lowest BCUT2D eigenvalue weighted by Crippen LogP contribution is -2.04. The lowest BCUT2D eigenvalue weighted by atomic mass is 10.1. The Hall–Kier alpha value is -0.960. The van der Waals surface area contributed by atoms with Crippen LogP contribution in [-0.4, -0.2) is 0 Å². The molecule has 2 rings (SSSR count). The van der Waals surface area contributed by atoms with E-state index in [1.807, 2.05) is 43.3 Å². The van der Waals surface area contributed by atoms with Gasteiger partial charge in [0.2, 0.25) is 0 Å². The molecule has 0 saturated carbocycles. The van der Waals surface area contributed by atoms with Gasteiger partial charge in [0.15, 0.2) is 0 Å². The van der Waals surface area contributed by atoms with Crippen molar-refractivity contribution >= 4 is 23.4 Å². The van der Waals surface area contributed by atoms with Crippen molar-refractivity contribution in [3.63, 3.8) is 0 Å². The highest BCUT2D eigenvalue weighted by molar-refractivity contribution is 7.99. The van der Waals surface area contributed by atoms with E-state index in [0.717, 1.165) is 15.5 Å². The van der Waals surface area contributed by atoms with Crippen molar-refractivity contribution in [2.45, 2.75) is 22.8 Å². The molecule has 2 N–H and O–H groups in total. The average Bonchev–Trinajstić information content (AvgIpc) is 2.33. The van der Waals surface area contributed by atoms with Crippen molar-refractivity contribution in [2.75, 3.05) is 0 Å². The summed E-state index contributed by atoms with van der Waals surface area (Å²) in [6.07, 6.45) is 0. The Morgan fingerprint density at radius 2 is 1.82 bits per heavy atom. The van der Waals surface area contributed by atoms with Crippen LogP contribution in [0, 0.1) is 0 Å². The summed E-state index contributed by atoms with van der Waals surface area (Å²) in [4.78, 5) is 2.24. The van der Waals surface area contributed by atoms with E-state index in [4.69, 9.17) is 17.3 Å². The molecule has 0 heterocycles. The van der Waals surface area contributed by atoms with E-state index < -0.39 is 0 Å². The number of nitrogens with two attached hydrogens (primary N) is 1. The van der Waals surface area contributed by atoms with Crippen molar-refractivity contribution in [3.8, 4) is 0 Å². The topological polar surface area (TPSA) is 26.0 Å². The van der Waals surface area contributed by atoms with E-state index in [-0.39, 0.29) is 6.04 Å². The second kappa shape index (κ2) is 5.58. The summed E-state index contributed by atoms with van der Waals surface area (Å²) in [6.45, 7) is 1.95. The summed E-state index contributed by atoms with van der Waals surface area (Å²) in [7, 11) is 0. The van der Waals surface area contributed by atoms with Crippen LogP contribution in [0.25, 0.3) is 0 Å². The summed E-state index contributed by atoms with van der Waals surface area (Å²) >= 11 is 7.91. The van der Waals surface area contributed by atoms with Crippen molar-refractivity contribution in [3.05, 3.63) is 59.1 Å². The number of benzene rings is 2. The molecule has 88 valence electrons. The Morgan fingerprint density at radius 1 is 1.12 bits per heavy atom. The normalized spacial score (nSPS) is 12.4. The monoisotopic (exact) mass is 263 g/mol. The zero-order valence-corrected chi connectivity index (χ0v) is 11.1. The molecule has 0 spiro atoms.